The minimum absolute atomic E-state index is 0.0427. The molecule has 4 nitrogen and oxygen atoms in total. The van der Waals surface area contributed by atoms with Crippen LogP contribution in [0.25, 0.3) is 0 Å². The van der Waals surface area contributed by atoms with E-state index >= 15 is 0 Å². The molecule has 0 fully saturated rings. The zero-order valence-electron chi connectivity index (χ0n) is 12.3. The lowest BCUT2D eigenvalue weighted by Crippen LogP contribution is -1.96. The van der Waals surface area contributed by atoms with Crippen molar-refractivity contribution in [2.24, 2.45) is 0 Å². The monoisotopic (exact) mass is 308 g/mol. The normalized spacial score (nSPS) is 10.3. The Kier molecular flexibility index (Phi) is 4.45. The second kappa shape index (κ2) is 6.85. The molecule has 0 aliphatic carbocycles. The Morgan fingerprint density at radius 2 is 1.26 bits per heavy atom. The average molecular weight is 308 g/mol. The number of aliphatic hydroxyl groups is 1. The van der Waals surface area contributed by atoms with Crippen molar-refractivity contribution in [3.63, 3.8) is 0 Å². The van der Waals surface area contributed by atoms with E-state index in [9.17, 15) is 10.2 Å². The molecule has 3 aromatic carbocycles. The number of aromatic hydroxyl groups is 1. The third-order valence-corrected chi connectivity index (χ3v) is 3.29. The second-order valence-corrected chi connectivity index (χ2v) is 4.88. The van der Waals surface area contributed by atoms with Crippen LogP contribution >= 0.6 is 0 Å². The largest absolute Gasteiger partial charge is 0.507 e. The molecule has 3 aromatic rings. The third kappa shape index (κ3) is 3.44. The summed E-state index contributed by atoms with van der Waals surface area (Å²) in [4.78, 5) is 0. The van der Waals surface area contributed by atoms with Crippen molar-refractivity contribution in [1.29, 1.82) is 0 Å². The second-order valence-electron chi connectivity index (χ2n) is 4.88. The Labute approximate surface area is 134 Å². The highest BCUT2D eigenvalue weighted by molar-refractivity contribution is 5.55. The fourth-order valence-electron chi connectivity index (χ4n) is 2.16. The molecule has 0 saturated carbocycles. The average Bonchev–Trinajstić information content (AvgIpc) is 2.59. The summed E-state index contributed by atoms with van der Waals surface area (Å²) in [6.45, 7) is -0.361. The molecule has 2 N–H and O–H groups in total. The van der Waals surface area contributed by atoms with Crippen LogP contribution < -0.4 is 9.47 Å². The molecular formula is C19H16O4. The molecule has 0 bridgehead atoms. The Hall–Kier alpha value is -2.98. The van der Waals surface area contributed by atoms with E-state index in [2.05, 4.69) is 0 Å². The summed E-state index contributed by atoms with van der Waals surface area (Å²) in [6.07, 6.45) is 0. The van der Waals surface area contributed by atoms with Crippen LogP contribution in [0.4, 0.5) is 0 Å². The van der Waals surface area contributed by atoms with Gasteiger partial charge >= 0.3 is 0 Å². The summed E-state index contributed by atoms with van der Waals surface area (Å²) < 4.78 is 11.7. The minimum atomic E-state index is -0.361. The van der Waals surface area contributed by atoms with Crippen molar-refractivity contribution in [2.75, 3.05) is 0 Å². The highest BCUT2D eigenvalue weighted by atomic mass is 16.5. The van der Waals surface area contributed by atoms with Crippen LogP contribution in [-0.4, -0.2) is 10.2 Å². The SMILES string of the molecule is OCc1c(O)ccc(Oc2ccccc2)c1Oc1ccccc1. The molecule has 0 amide bonds. The van der Waals surface area contributed by atoms with Gasteiger partial charge < -0.3 is 19.7 Å². The predicted octanol–water partition coefficient (Wildman–Crippen LogP) is 4.47. The van der Waals surface area contributed by atoms with Gasteiger partial charge in [0.2, 0.25) is 0 Å². The maximum Gasteiger partial charge on any atom is 0.179 e. The van der Waals surface area contributed by atoms with Crippen LogP contribution in [0.2, 0.25) is 0 Å². The minimum Gasteiger partial charge on any atom is -0.507 e. The smallest absolute Gasteiger partial charge is 0.179 e. The maximum atomic E-state index is 9.96. The standard InChI is InChI=1S/C19H16O4/c20-13-16-17(21)11-12-18(22-14-7-3-1-4-8-14)19(16)23-15-9-5-2-6-10-15/h1-12,20-21H,13H2. The molecule has 0 radical (unpaired) electrons. The van der Waals surface area contributed by atoms with Gasteiger partial charge in [0.25, 0.3) is 0 Å². The van der Waals surface area contributed by atoms with Crippen molar-refractivity contribution in [3.05, 3.63) is 78.4 Å². The van der Waals surface area contributed by atoms with E-state index in [0.29, 0.717) is 23.0 Å². The molecule has 0 aliphatic heterocycles. The van der Waals surface area contributed by atoms with E-state index in [-0.39, 0.29) is 17.9 Å². The number of phenols is 1. The Bertz CT molecular complexity index is 770. The summed E-state index contributed by atoms with van der Waals surface area (Å²) in [5.74, 6) is 1.90. The molecule has 0 atom stereocenters. The van der Waals surface area contributed by atoms with E-state index in [0.717, 1.165) is 0 Å². The van der Waals surface area contributed by atoms with E-state index in [4.69, 9.17) is 9.47 Å². The first-order chi connectivity index (χ1) is 11.3. The van der Waals surface area contributed by atoms with Crippen LogP contribution in [0.5, 0.6) is 28.7 Å². The lowest BCUT2D eigenvalue weighted by molar-refractivity contribution is 0.268. The van der Waals surface area contributed by atoms with Gasteiger partial charge in [-0.25, -0.2) is 0 Å². The third-order valence-electron chi connectivity index (χ3n) is 3.29. The molecule has 0 heterocycles. The molecule has 3 rings (SSSR count). The number of aliphatic hydroxyl groups excluding tert-OH is 1. The fourth-order valence-corrected chi connectivity index (χ4v) is 2.16. The lowest BCUT2D eigenvalue weighted by atomic mass is 10.1. The van der Waals surface area contributed by atoms with Gasteiger partial charge in [0.1, 0.15) is 17.2 Å². The van der Waals surface area contributed by atoms with Gasteiger partial charge in [-0.15, -0.1) is 0 Å². The Balaban J connectivity index is 2.01. The zero-order valence-corrected chi connectivity index (χ0v) is 12.3. The number of para-hydroxylation sites is 2. The van der Waals surface area contributed by atoms with Crippen LogP contribution in [0.3, 0.4) is 0 Å². The van der Waals surface area contributed by atoms with Gasteiger partial charge in [-0.2, -0.15) is 0 Å². The lowest BCUT2D eigenvalue weighted by Gasteiger charge is -2.16. The van der Waals surface area contributed by atoms with Crippen molar-refractivity contribution in [3.8, 4) is 28.7 Å². The van der Waals surface area contributed by atoms with E-state index in [1.54, 1.807) is 18.2 Å². The van der Waals surface area contributed by atoms with Crippen LogP contribution in [-0.2, 0) is 6.61 Å². The van der Waals surface area contributed by atoms with Gasteiger partial charge in [-0.3, -0.25) is 0 Å². The summed E-state index contributed by atoms with van der Waals surface area (Å²) in [6, 6.07) is 21.5. The molecule has 4 heteroatoms. The molecular weight excluding hydrogens is 292 g/mol. The van der Waals surface area contributed by atoms with Crippen LogP contribution in [0, 0.1) is 0 Å². The maximum absolute atomic E-state index is 9.96. The van der Waals surface area contributed by atoms with E-state index in [1.807, 2.05) is 48.5 Å². The summed E-state index contributed by atoms with van der Waals surface area (Å²) in [7, 11) is 0. The molecule has 0 aliphatic rings. The molecule has 0 unspecified atom stereocenters. The van der Waals surface area contributed by atoms with E-state index in [1.165, 1.54) is 6.07 Å². The number of ether oxygens (including phenoxy) is 2. The van der Waals surface area contributed by atoms with Crippen molar-refractivity contribution in [2.45, 2.75) is 6.61 Å². The molecule has 0 saturated heterocycles. The molecule has 0 spiro atoms. The van der Waals surface area contributed by atoms with Crippen molar-refractivity contribution in [1.82, 2.24) is 0 Å². The summed E-state index contributed by atoms with van der Waals surface area (Å²) >= 11 is 0. The van der Waals surface area contributed by atoms with Crippen molar-refractivity contribution < 1.29 is 19.7 Å². The number of hydrogen-bond acceptors (Lipinski definition) is 4. The topological polar surface area (TPSA) is 58.9 Å². The van der Waals surface area contributed by atoms with Crippen molar-refractivity contribution >= 4 is 0 Å². The predicted molar refractivity (Wildman–Crippen MR) is 87.1 cm³/mol. The zero-order chi connectivity index (χ0) is 16.1. The molecule has 116 valence electrons. The quantitative estimate of drug-likeness (QED) is 0.730. The Morgan fingerprint density at radius 1 is 0.696 bits per heavy atom. The number of rotatable bonds is 5. The first kappa shape index (κ1) is 14.9. The molecule has 23 heavy (non-hydrogen) atoms. The Morgan fingerprint density at radius 3 is 1.83 bits per heavy atom. The first-order valence-electron chi connectivity index (χ1n) is 7.19. The van der Waals surface area contributed by atoms with E-state index < -0.39 is 0 Å². The van der Waals surface area contributed by atoms with Gasteiger partial charge in [-0.05, 0) is 36.4 Å². The van der Waals surface area contributed by atoms with Gasteiger partial charge in [0.15, 0.2) is 11.5 Å². The van der Waals surface area contributed by atoms with Gasteiger partial charge in [-0.1, -0.05) is 36.4 Å². The number of hydrogen-bond donors (Lipinski definition) is 2. The van der Waals surface area contributed by atoms with Crippen LogP contribution in [0.1, 0.15) is 5.56 Å². The highest BCUT2D eigenvalue weighted by Gasteiger charge is 2.17. The van der Waals surface area contributed by atoms with Gasteiger partial charge in [0.05, 0.1) is 12.2 Å². The first-order valence-corrected chi connectivity index (χ1v) is 7.19. The van der Waals surface area contributed by atoms with Crippen LogP contribution in [0.15, 0.2) is 72.8 Å². The number of benzene rings is 3. The molecule has 0 aromatic heterocycles. The fraction of sp³-hybridized carbons (Fsp3) is 0.0526. The summed E-state index contributed by atoms with van der Waals surface area (Å²) in [5.41, 5.74) is 0.280. The van der Waals surface area contributed by atoms with Gasteiger partial charge in [0, 0.05) is 0 Å². The highest BCUT2D eigenvalue weighted by Crippen LogP contribution is 2.41. The summed E-state index contributed by atoms with van der Waals surface area (Å²) in [5, 5.41) is 19.5.